The van der Waals surface area contributed by atoms with Crippen LogP contribution in [0.2, 0.25) is 0 Å². The second-order valence-corrected chi connectivity index (χ2v) is 5.01. The van der Waals surface area contributed by atoms with Gasteiger partial charge in [0.25, 0.3) is 0 Å². The number of hydrogen-bond donors (Lipinski definition) is 0. The summed E-state index contributed by atoms with van der Waals surface area (Å²) in [7, 11) is 0. The highest BCUT2D eigenvalue weighted by Crippen LogP contribution is 2.51. The molecule has 2 rings (SSSR count). The van der Waals surface area contributed by atoms with E-state index in [2.05, 4.69) is 13.8 Å². The highest BCUT2D eigenvalue weighted by atomic mass is 16.7. The van der Waals surface area contributed by atoms with Crippen LogP contribution in [0.5, 0.6) is 0 Å². The van der Waals surface area contributed by atoms with Gasteiger partial charge < -0.3 is 9.47 Å². The lowest BCUT2D eigenvalue weighted by Crippen LogP contribution is -2.31. The molecule has 0 N–H and O–H groups in total. The fraction of sp³-hybridized carbons (Fsp3) is 0.917. The third-order valence-electron chi connectivity index (χ3n) is 3.94. The van der Waals surface area contributed by atoms with E-state index in [1.54, 1.807) is 0 Å². The Hall–Kier alpha value is -0.570. The van der Waals surface area contributed by atoms with Crippen LogP contribution >= 0.6 is 0 Å². The molecule has 1 heterocycles. The molecule has 1 aliphatic carbocycles. The predicted octanol–water partition coefficient (Wildman–Crippen LogP) is 2.14. The highest BCUT2D eigenvalue weighted by Gasteiger charge is 2.62. The number of hydrogen-bond acceptors (Lipinski definition) is 3. The Bertz CT molecular complexity index is 264. The number of rotatable bonds is 2. The smallest absolute Gasteiger partial charge is 0.338 e. The second kappa shape index (κ2) is 3.78. The van der Waals surface area contributed by atoms with Crippen molar-refractivity contribution in [2.75, 3.05) is 6.61 Å². The Labute approximate surface area is 91.1 Å². The summed E-state index contributed by atoms with van der Waals surface area (Å²) in [6.07, 6.45) is 2.92. The van der Waals surface area contributed by atoms with Crippen molar-refractivity contribution in [3.05, 3.63) is 0 Å². The lowest BCUT2D eigenvalue weighted by atomic mass is 9.74. The van der Waals surface area contributed by atoms with Crippen molar-refractivity contribution < 1.29 is 14.3 Å². The van der Waals surface area contributed by atoms with Crippen molar-refractivity contribution in [2.45, 2.75) is 51.7 Å². The molecule has 2 aliphatic rings. The van der Waals surface area contributed by atoms with Crippen LogP contribution in [0.1, 0.15) is 40.0 Å². The van der Waals surface area contributed by atoms with E-state index in [0.29, 0.717) is 12.5 Å². The molecule has 3 nitrogen and oxygen atoms in total. The minimum absolute atomic E-state index is 0.155. The van der Waals surface area contributed by atoms with Gasteiger partial charge in [0.1, 0.15) is 5.60 Å². The number of carbonyl (C=O) groups is 1. The third kappa shape index (κ3) is 1.89. The van der Waals surface area contributed by atoms with Crippen LogP contribution in [0.25, 0.3) is 0 Å². The maximum absolute atomic E-state index is 11.5. The Kier molecular flexibility index (Phi) is 2.75. The molecular weight excluding hydrogens is 192 g/mol. The van der Waals surface area contributed by atoms with Gasteiger partial charge in [0, 0.05) is 0 Å². The molecule has 1 aliphatic heterocycles. The molecule has 4 atom stereocenters. The van der Waals surface area contributed by atoms with E-state index >= 15 is 0 Å². The number of esters is 1. The van der Waals surface area contributed by atoms with E-state index in [-0.39, 0.29) is 17.7 Å². The van der Waals surface area contributed by atoms with Gasteiger partial charge in [-0.3, -0.25) is 0 Å². The van der Waals surface area contributed by atoms with Gasteiger partial charge in [-0.05, 0) is 38.0 Å². The molecule has 0 bridgehead atoms. The van der Waals surface area contributed by atoms with Crippen LogP contribution in [0.4, 0.5) is 0 Å². The monoisotopic (exact) mass is 212 g/mol. The Morgan fingerprint density at radius 3 is 2.80 bits per heavy atom. The van der Waals surface area contributed by atoms with Gasteiger partial charge in [-0.2, -0.15) is 0 Å². The Balaban J connectivity index is 1.93. The van der Waals surface area contributed by atoms with Gasteiger partial charge in [-0.1, -0.05) is 13.8 Å². The molecule has 0 aromatic rings. The fourth-order valence-electron chi connectivity index (χ4n) is 2.63. The van der Waals surface area contributed by atoms with E-state index in [1.165, 1.54) is 0 Å². The minimum Gasteiger partial charge on any atom is -0.464 e. The number of ether oxygens (including phenoxy) is 2. The maximum Gasteiger partial charge on any atom is 0.338 e. The highest BCUT2D eigenvalue weighted by molar-refractivity contribution is 5.79. The summed E-state index contributed by atoms with van der Waals surface area (Å²) in [4.78, 5) is 11.5. The molecule has 0 aromatic carbocycles. The van der Waals surface area contributed by atoms with Crippen LogP contribution in [0.15, 0.2) is 0 Å². The largest absolute Gasteiger partial charge is 0.464 e. The van der Waals surface area contributed by atoms with Crippen molar-refractivity contribution >= 4 is 5.97 Å². The number of epoxide rings is 1. The summed E-state index contributed by atoms with van der Waals surface area (Å²) < 4.78 is 10.6. The molecule has 3 heteroatoms. The van der Waals surface area contributed by atoms with Crippen molar-refractivity contribution in [3.8, 4) is 0 Å². The average Bonchev–Trinajstić information content (AvgIpc) is 2.88. The molecule has 0 aromatic heterocycles. The molecule has 86 valence electrons. The first-order valence-electron chi connectivity index (χ1n) is 5.93. The zero-order valence-electron chi connectivity index (χ0n) is 9.79. The van der Waals surface area contributed by atoms with E-state index in [0.717, 1.165) is 25.2 Å². The summed E-state index contributed by atoms with van der Waals surface area (Å²) >= 11 is 0. The molecule has 15 heavy (non-hydrogen) atoms. The summed E-state index contributed by atoms with van der Waals surface area (Å²) in [5.74, 6) is 1.24. The van der Waals surface area contributed by atoms with Crippen molar-refractivity contribution in [1.82, 2.24) is 0 Å². The van der Waals surface area contributed by atoms with E-state index < -0.39 is 0 Å². The van der Waals surface area contributed by atoms with Crippen molar-refractivity contribution in [2.24, 2.45) is 11.8 Å². The van der Waals surface area contributed by atoms with Crippen LogP contribution in [-0.4, -0.2) is 24.3 Å². The third-order valence-corrected chi connectivity index (χ3v) is 3.94. The van der Waals surface area contributed by atoms with Gasteiger partial charge in [0.2, 0.25) is 0 Å². The van der Waals surface area contributed by atoms with Gasteiger partial charge in [-0.15, -0.1) is 0 Å². The first-order chi connectivity index (χ1) is 7.09. The minimum atomic E-state index is -0.271. The zero-order valence-corrected chi connectivity index (χ0v) is 9.79. The fourth-order valence-corrected chi connectivity index (χ4v) is 2.63. The molecule has 0 radical (unpaired) electrons. The van der Waals surface area contributed by atoms with Gasteiger partial charge in [0.15, 0.2) is 6.10 Å². The van der Waals surface area contributed by atoms with Crippen LogP contribution in [0, 0.1) is 11.8 Å². The zero-order chi connectivity index (χ0) is 11.1. The predicted molar refractivity (Wildman–Crippen MR) is 56.4 cm³/mol. The maximum atomic E-state index is 11.5. The van der Waals surface area contributed by atoms with Gasteiger partial charge >= 0.3 is 5.97 Å². The molecular formula is C12H20O3. The lowest BCUT2D eigenvalue weighted by molar-refractivity contribution is -0.144. The molecule has 4 unspecified atom stereocenters. The van der Waals surface area contributed by atoms with Crippen molar-refractivity contribution in [3.63, 3.8) is 0 Å². The van der Waals surface area contributed by atoms with Crippen LogP contribution in [-0.2, 0) is 14.3 Å². The van der Waals surface area contributed by atoms with Gasteiger partial charge in [-0.25, -0.2) is 4.79 Å². The summed E-state index contributed by atoms with van der Waals surface area (Å²) in [5, 5.41) is 0. The SMILES string of the molecule is CCOC(=O)C1OC12CCC(C)C(C)C2. The first-order valence-corrected chi connectivity index (χ1v) is 5.93. The molecule has 0 amide bonds. The quantitative estimate of drug-likeness (QED) is 0.520. The molecule has 1 saturated carbocycles. The number of carbonyl (C=O) groups excluding carboxylic acids is 1. The first kappa shape index (κ1) is 10.9. The molecule has 2 fully saturated rings. The summed E-state index contributed by atoms with van der Waals surface area (Å²) in [6, 6.07) is 0. The molecule has 1 saturated heterocycles. The topological polar surface area (TPSA) is 38.8 Å². The van der Waals surface area contributed by atoms with Crippen molar-refractivity contribution in [1.29, 1.82) is 0 Å². The average molecular weight is 212 g/mol. The van der Waals surface area contributed by atoms with E-state index in [9.17, 15) is 4.79 Å². The lowest BCUT2D eigenvalue weighted by Gasteiger charge is -2.30. The normalized spacial score (nSPS) is 44.1. The standard InChI is InChI=1S/C12H20O3/c1-4-14-11(13)10-12(15-10)6-5-8(2)9(3)7-12/h8-10H,4-7H2,1-3H3. The van der Waals surface area contributed by atoms with Crippen LogP contribution < -0.4 is 0 Å². The second-order valence-electron chi connectivity index (χ2n) is 5.01. The Morgan fingerprint density at radius 2 is 2.20 bits per heavy atom. The summed E-state index contributed by atoms with van der Waals surface area (Å²) in [5.41, 5.74) is -0.155. The van der Waals surface area contributed by atoms with Crippen LogP contribution in [0.3, 0.4) is 0 Å². The van der Waals surface area contributed by atoms with E-state index in [4.69, 9.17) is 9.47 Å². The summed E-state index contributed by atoms with van der Waals surface area (Å²) in [6.45, 7) is 6.80. The Morgan fingerprint density at radius 1 is 1.47 bits per heavy atom. The molecule has 1 spiro atoms. The van der Waals surface area contributed by atoms with Gasteiger partial charge in [0.05, 0.1) is 6.61 Å². The van der Waals surface area contributed by atoms with E-state index in [1.807, 2.05) is 6.92 Å².